The van der Waals surface area contributed by atoms with Gasteiger partial charge in [0.1, 0.15) is 0 Å². The molecule has 0 aliphatic carbocycles. The summed E-state index contributed by atoms with van der Waals surface area (Å²) >= 11 is 0. The van der Waals surface area contributed by atoms with E-state index in [4.69, 9.17) is 5.11 Å². The molecule has 0 atom stereocenters. The molecule has 0 aliphatic rings. The predicted octanol–water partition coefficient (Wildman–Crippen LogP) is 2.22. The molecule has 0 aromatic heterocycles. The van der Waals surface area contributed by atoms with Crippen molar-refractivity contribution in [3.05, 3.63) is 0 Å². The molecule has 0 aromatic carbocycles. The lowest BCUT2D eigenvalue weighted by atomic mass is 9.84. The van der Waals surface area contributed by atoms with E-state index in [9.17, 15) is 9.59 Å². The Morgan fingerprint density at radius 2 is 1.83 bits per heavy atom. The molecule has 0 unspecified atom stereocenters. The first-order chi connectivity index (χ1) is 8.23. The van der Waals surface area contributed by atoms with E-state index in [2.05, 4.69) is 38.3 Å². The van der Waals surface area contributed by atoms with E-state index in [1.807, 2.05) is 0 Å². The van der Waals surface area contributed by atoms with Gasteiger partial charge >= 0.3 is 12.0 Å². The van der Waals surface area contributed by atoms with E-state index in [0.717, 1.165) is 6.42 Å². The second kappa shape index (κ2) is 7.95. The number of aliphatic carboxylic acids is 1. The topological polar surface area (TPSA) is 78.4 Å². The van der Waals surface area contributed by atoms with E-state index in [-0.39, 0.29) is 17.9 Å². The van der Waals surface area contributed by atoms with Gasteiger partial charge in [-0.2, -0.15) is 0 Å². The monoisotopic (exact) mass is 258 g/mol. The maximum absolute atomic E-state index is 11.5. The molecule has 0 spiro atoms. The average Bonchev–Trinajstić information content (AvgIpc) is 2.19. The number of urea groups is 1. The van der Waals surface area contributed by atoms with Gasteiger partial charge in [-0.1, -0.05) is 27.7 Å². The summed E-state index contributed by atoms with van der Waals surface area (Å²) < 4.78 is 0. The van der Waals surface area contributed by atoms with Gasteiger partial charge in [0.05, 0.1) is 0 Å². The van der Waals surface area contributed by atoms with Crippen LogP contribution in [0, 0.1) is 11.3 Å². The number of hydrogen-bond acceptors (Lipinski definition) is 2. The van der Waals surface area contributed by atoms with Crippen LogP contribution in [-0.2, 0) is 4.79 Å². The molecule has 5 heteroatoms. The molecule has 18 heavy (non-hydrogen) atoms. The van der Waals surface area contributed by atoms with Crippen LogP contribution in [0.1, 0.15) is 47.0 Å². The number of amides is 2. The van der Waals surface area contributed by atoms with Crippen molar-refractivity contribution in [2.75, 3.05) is 13.1 Å². The van der Waals surface area contributed by atoms with Crippen LogP contribution in [0.2, 0.25) is 0 Å². The predicted molar refractivity (Wildman–Crippen MR) is 71.5 cm³/mol. The molecule has 106 valence electrons. The molecule has 2 amide bonds. The second-order valence-corrected chi connectivity index (χ2v) is 5.87. The first-order valence-electron chi connectivity index (χ1n) is 6.46. The molecule has 0 fully saturated rings. The normalized spacial score (nSPS) is 11.4. The fourth-order valence-corrected chi connectivity index (χ4v) is 2.00. The minimum Gasteiger partial charge on any atom is -0.481 e. The SMILES string of the molecule is CC(C)CC(C)(C)CNC(=O)NCCCC(=O)O. The lowest BCUT2D eigenvalue weighted by Gasteiger charge is -2.26. The number of carbonyl (C=O) groups excluding carboxylic acids is 1. The van der Waals surface area contributed by atoms with Gasteiger partial charge in [0.2, 0.25) is 0 Å². The minimum absolute atomic E-state index is 0.0760. The smallest absolute Gasteiger partial charge is 0.314 e. The van der Waals surface area contributed by atoms with Crippen LogP contribution in [0.5, 0.6) is 0 Å². The molecule has 0 bridgehead atoms. The molecule has 0 aromatic rings. The lowest BCUT2D eigenvalue weighted by Crippen LogP contribution is -2.41. The maximum Gasteiger partial charge on any atom is 0.314 e. The van der Waals surface area contributed by atoms with E-state index < -0.39 is 5.97 Å². The highest BCUT2D eigenvalue weighted by molar-refractivity contribution is 5.73. The molecular weight excluding hydrogens is 232 g/mol. The Morgan fingerprint density at radius 1 is 1.22 bits per heavy atom. The first-order valence-corrected chi connectivity index (χ1v) is 6.46. The summed E-state index contributed by atoms with van der Waals surface area (Å²) in [5.41, 5.74) is 0.0760. The van der Waals surface area contributed by atoms with Crippen molar-refractivity contribution in [1.82, 2.24) is 10.6 Å². The fourth-order valence-electron chi connectivity index (χ4n) is 2.00. The number of rotatable bonds is 8. The summed E-state index contributed by atoms with van der Waals surface area (Å²) in [4.78, 5) is 21.7. The van der Waals surface area contributed by atoms with Crippen LogP contribution in [0.4, 0.5) is 4.79 Å². The van der Waals surface area contributed by atoms with Crippen LogP contribution in [0.25, 0.3) is 0 Å². The van der Waals surface area contributed by atoms with E-state index in [1.165, 1.54) is 0 Å². The molecule has 5 nitrogen and oxygen atoms in total. The highest BCUT2D eigenvalue weighted by atomic mass is 16.4. The van der Waals surface area contributed by atoms with Gasteiger partial charge in [-0.25, -0.2) is 4.79 Å². The Morgan fingerprint density at radius 3 is 2.33 bits per heavy atom. The molecule has 0 heterocycles. The zero-order valence-corrected chi connectivity index (χ0v) is 11.9. The molecular formula is C13H26N2O3. The zero-order valence-electron chi connectivity index (χ0n) is 11.9. The van der Waals surface area contributed by atoms with Gasteiger partial charge in [-0.3, -0.25) is 4.79 Å². The number of carboxylic acid groups (broad SMARTS) is 1. The van der Waals surface area contributed by atoms with Gasteiger partial charge in [-0.05, 0) is 24.2 Å². The third-order valence-electron chi connectivity index (χ3n) is 2.54. The average molecular weight is 258 g/mol. The van der Waals surface area contributed by atoms with Crippen molar-refractivity contribution in [3.63, 3.8) is 0 Å². The minimum atomic E-state index is -0.838. The summed E-state index contributed by atoms with van der Waals surface area (Å²) in [5, 5.41) is 13.9. The van der Waals surface area contributed by atoms with Crippen molar-refractivity contribution < 1.29 is 14.7 Å². The summed E-state index contributed by atoms with van der Waals surface area (Å²) in [6, 6.07) is -0.225. The number of carboxylic acids is 1. The van der Waals surface area contributed by atoms with Gasteiger partial charge in [-0.15, -0.1) is 0 Å². The zero-order chi connectivity index (χ0) is 14.2. The van der Waals surface area contributed by atoms with Crippen LogP contribution in [0.3, 0.4) is 0 Å². The third kappa shape index (κ3) is 9.93. The van der Waals surface area contributed by atoms with Gasteiger partial charge < -0.3 is 15.7 Å². The Bertz CT molecular complexity index is 275. The molecule has 0 aliphatic heterocycles. The van der Waals surface area contributed by atoms with Gasteiger partial charge in [0.25, 0.3) is 0 Å². The Labute approximate surface area is 109 Å². The fraction of sp³-hybridized carbons (Fsp3) is 0.846. The molecule has 0 saturated heterocycles. The van der Waals surface area contributed by atoms with Gasteiger partial charge in [0.15, 0.2) is 0 Å². The largest absolute Gasteiger partial charge is 0.481 e. The Balaban J connectivity index is 3.72. The Kier molecular flexibility index (Phi) is 7.39. The standard InChI is InChI=1S/C13H26N2O3/c1-10(2)8-13(3,4)9-15-12(18)14-7-5-6-11(16)17/h10H,5-9H2,1-4H3,(H,16,17)(H2,14,15,18). The van der Waals surface area contributed by atoms with Crippen LogP contribution < -0.4 is 10.6 Å². The van der Waals surface area contributed by atoms with Crippen LogP contribution >= 0.6 is 0 Å². The van der Waals surface area contributed by atoms with Crippen molar-refractivity contribution in [2.24, 2.45) is 11.3 Å². The highest BCUT2D eigenvalue weighted by Gasteiger charge is 2.20. The number of carbonyl (C=O) groups is 2. The van der Waals surface area contributed by atoms with E-state index in [0.29, 0.717) is 25.4 Å². The van der Waals surface area contributed by atoms with Crippen molar-refractivity contribution >= 4 is 12.0 Å². The van der Waals surface area contributed by atoms with Crippen molar-refractivity contribution in [2.45, 2.75) is 47.0 Å². The number of hydrogen-bond donors (Lipinski definition) is 3. The van der Waals surface area contributed by atoms with Crippen LogP contribution in [0.15, 0.2) is 0 Å². The van der Waals surface area contributed by atoms with E-state index >= 15 is 0 Å². The Hall–Kier alpha value is -1.26. The third-order valence-corrected chi connectivity index (χ3v) is 2.54. The van der Waals surface area contributed by atoms with Gasteiger partial charge in [0, 0.05) is 19.5 Å². The first kappa shape index (κ1) is 16.7. The molecule has 3 N–H and O–H groups in total. The summed E-state index contributed by atoms with van der Waals surface area (Å²) in [7, 11) is 0. The highest BCUT2D eigenvalue weighted by Crippen LogP contribution is 2.23. The molecule has 0 radical (unpaired) electrons. The summed E-state index contributed by atoms with van der Waals surface area (Å²) in [5.74, 6) is -0.240. The van der Waals surface area contributed by atoms with Crippen LogP contribution in [-0.4, -0.2) is 30.2 Å². The second-order valence-electron chi connectivity index (χ2n) is 5.87. The van der Waals surface area contributed by atoms with Crippen molar-refractivity contribution in [1.29, 1.82) is 0 Å². The maximum atomic E-state index is 11.5. The van der Waals surface area contributed by atoms with Crippen molar-refractivity contribution in [3.8, 4) is 0 Å². The lowest BCUT2D eigenvalue weighted by molar-refractivity contribution is -0.137. The summed E-state index contributed by atoms with van der Waals surface area (Å²) in [6.07, 6.45) is 1.59. The number of nitrogens with one attached hydrogen (secondary N) is 2. The van der Waals surface area contributed by atoms with E-state index in [1.54, 1.807) is 0 Å². The molecule has 0 saturated carbocycles. The molecule has 0 rings (SSSR count). The summed E-state index contributed by atoms with van der Waals surface area (Å²) in [6.45, 7) is 9.58. The quantitative estimate of drug-likeness (QED) is 0.584.